The maximum absolute atomic E-state index is 12.9. The number of ether oxygens (including phenoxy) is 1. The van der Waals surface area contributed by atoms with Crippen LogP contribution in [0.2, 0.25) is 0 Å². The van der Waals surface area contributed by atoms with Crippen LogP contribution in [0.15, 0.2) is 58.3 Å². The molecule has 0 radical (unpaired) electrons. The normalized spacial score (nSPS) is 18.3. The van der Waals surface area contributed by atoms with Crippen LogP contribution in [0.5, 0.6) is 5.75 Å². The molecule has 158 valence electrons. The lowest BCUT2D eigenvalue weighted by atomic mass is 10.1. The smallest absolute Gasteiger partial charge is 0.261 e. The Hall–Kier alpha value is -2.10. The monoisotopic (exact) mass is 438 g/mol. The lowest BCUT2D eigenvalue weighted by molar-refractivity contribution is 0.268. The van der Waals surface area contributed by atoms with E-state index in [1.165, 1.54) is 40.7 Å². The van der Waals surface area contributed by atoms with Crippen LogP contribution in [0, 0.1) is 0 Å². The number of hydrogen-bond donors (Lipinski definition) is 1. The minimum atomic E-state index is -3.79. The number of anilines is 1. The van der Waals surface area contributed by atoms with Crippen molar-refractivity contribution in [1.82, 2.24) is 4.31 Å². The van der Waals surface area contributed by atoms with E-state index in [4.69, 9.17) is 4.74 Å². The molecule has 29 heavy (non-hydrogen) atoms. The van der Waals surface area contributed by atoms with Crippen LogP contribution in [0.1, 0.15) is 33.1 Å². The van der Waals surface area contributed by atoms with E-state index in [2.05, 4.69) is 4.72 Å². The van der Waals surface area contributed by atoms with E-state index in [9.17, 15) is 16.8 Å². The van der Waals surface area contributed by atoms with E-state index in [0.717, 1.165) is 19.3 Å². The average molecular weight is 439 g/mol. The number of nitrogens with zero attached hydrogens (tertiary/aromatic N) is 1. The fourth-order valence-corrected chi connectivity index (χ4v) is 6.11. The number of sulfonamides is 2. The predicted octanol–water partition coefficient (Wildman–Crippen LogP) is 3.45. The maximum Gasteiger partial charge on any atom is 0.261 e. The first kappa shape index (κ1) is 21.6. The molecule has 0 saturated carbocycles. The second kappa shape index (κ2) is 8.73. The summed E-state index contributed by atoms with van der Waals surface area (Å²) in [5.41, 5.74) is 0.296. The van der Waals surface area contributed by atoms with Gasteiger partial charge in [0.05, 0.1) is 16.4 Å². The fraction of sp³-hybridized carbons (Fsp3) is 0.400. The molecule has 3 rings (SSSR count). The number of benzene rings is 2. The Labute approximate surface area is 172 Å². The van der Waals surface area contributed by atoms with E-state index < -0.39 is 20.0 Å². The minimum Gasteiger partial charge on any atom is -0.494 e. The molecular formula is C20H26N2O5S2. The molecule has 0 amide bonds. The minimum absolute atomic E-state index is 0.0356. The molecule has 1 saturated heterocycles. The summed E-state index contributed by atoms with van der Waals surface area (Å²) in [6.45, 7) is 4.77. The third-order valence-corrected chi connectivity index (χ3v) is 8.33. The summed E-state index contributed by atoms with van der Waals surface area (Å²) in [5, 5.41) is 0. The van der Waals surface area contributed by atoms with E-state index >= 15 is 0 Å². The summed E-state index contributed by atoms with van der Waals surface area (Å²) in [6, 6.07) is 11.9. The molecule has 1 aliphatic rings. The molecule has 1 atom stereocenters. The van der Waals surface area contributed by atoms with Gasteiger partial charge in [-0.05, 0) is 75.2 Å². The fourth-order valence-electron chi connectivity index (χ4n) is 3.35. The van der Waals surface area contributed by atoms with Crippen LogP contribution < -0.4 is 9.46 Å². The molecule has 1 fully saturated rings. The van der Waals surface area contributed by atoms with Gasteiger partial charge in [-0.15, -0.1) is 0 Å². The summed E-state index contributed by atoms with van der Waals surface area (Å²) in [7, 11) is -7.38. The highest BCUT2D eigenvalue weighted by Gasteiger charge is 2.30. The molecular weight excluding hydrogens is 412 g/mol. The quantitative estimate of drug-likeness (QED) is 0.715. The first-order valence-electron chi connectivity index (χ1n) is 9.61. The Morgan fingerprint density at radius 3 is 2.17 bits per heavy atom. The van der Waals surface area contributed by atoms with Gasteiger partial charge < -0.3 is 4.74 Å². The van der Waals surface area contributed by atoms with Crippen molar-refractivity contribution >= 4 is 25.7 Å². The highest BCUT2D eigenvalue weighted by molar-refractivity contribution is 7.92. The summed E-state index contributed by atoms with van der Waals surface area (Å²) < 4.78 is 60.2. The second-order valence-electron chi connectivity index (χ2n) is 6.99. The highest BCUT2D eigenvalue weighted by Crippen LogP contribution is 2.26. The van der Waals surface area contributed by atoms with Crippen LogP contribution in [-0.4, -0.2) is 40.3 Å². The Morgan fingerprint density at radius 1 is 0.966 bits per heavy atom. The molecule has 0 aromatic heterocycles. The molecule has 1 heterocycles. The van der Waals surface area contributed by atoms with Gasteiger partial charge in [-0.3, -0.25) is 4.72 Å². The standard InChI is InChI=1S/C20H26N2O5S2/c1-3-27-18-9-13-19(14-10-18)28(23,24)21-17-7-11-20(12-8-17)29(25,26)22-15-5-4-6-16(22)2/h7-14,16,21H,3-6,15H2,1-2H3. The van der Waals surface area contributed by atoms with Gasteiger partial charge in [0, 0.05) is 18.3 Å². The molecule has 9 heteroatoms. The van der Waals surface area contributed by atoms with Crippen molar-refractivity contribution < 1.29 is 21.6 Å². The largest absolute Gasteiger partial charge is 0.494 e. The summed E-state index contributed by atoms with van der Waals surface area (Å²) >= 11 is 0. The van der Waals surface area contributed by atoms with Crippen molar-refractivity contribution in [2.75, 3.05) is 17.9 Å². The van der Waals surface area contributed by atoms with Gasteiger partial charge in [0.15, 0.2) is 0 Å². The zero-order valence-electron chi connectivity index (χ0n) is 16.5. The maximum atomic E-state index is 12.9. The Morgan fingerprint density at radius 2 is 1.59 bits per heavy atom. The van der Waals surface area contributed by atoms with Gasteiger partial charge in [-0.2, -0.15) is 4.31 Å². The first-order chi connectivity index (χ1) is 13.7. The van der Waals surface area contributed by atoms with Crippen LogP contribution in [-0.2, 0) is 20.0 Å². The third kappa shape index (κ3) is 4.91. The molecule has 1 aliphatic heterocycles. The number of piperidine rings is 1. The van der Waals surface area contributed by atoms with Crippen molar-refractivity contribution in [2.45, 2.75) is 48.9 Å². The number of rotatable bonds is 7. The van der Waals surface area contributed by atoms with Gasteiger partial charge in [0.25, 0.3) is 10.0 Å². The van der Waals surface area contributed by atoms with Crippen molar-refractivity contribution in [3.8, 4) is 5.75 Å². The molecule has 0 spiro atoms. The van der Waals surface area contributed by atoms with Crippen LogP contribution >= 0.6 is 0 Å². The van der Waals surface area contributed by atoms with Gasteiger partial charge in [0.2, 0.25) is 10.0 Å². The molecule has 2 aromatic carbocycles. The van der Waals surface area contributed by atoms with E-state index in [0.29, 0.717) is 24.6 Å². The van der Waals surface area contributed by atoms with E-state index in [1.54, 1.807) is 12.1 Å². The van der Waals surface area contributed by atoms with Crippen molar-refractivity contribution in [2.24, 2.45) is 0 Å². The van der Waals surface area contributed by atoms with Crippen LogP contribution in [0.25, 0.3) is 0 Å². The second-order valence-corrected chi connectivity index (χ2v) is 10.6. The van der Waals surface area contributed by atoms with Gasteiger partial charge in [0.1, 0.15) is 5.75 Å². The summed E-state index contributed by atoms with van der Waals surface area (Å²) in [4.78, 5) is 0.259. The van der Waals surface area contributed by atoms with Crippen molar-refractivity contribution in [1.29, 1.82) is 0 Å². The van der Waals surface area contributed by atoms with Crippen molar-refractivity contribution in [3.05, 3.63) is 48.5 Å². The molecule has 7 nitrogen and oxygen atoms in total. The van der Waals surface area contributed by atoms with E-state index in [-0.39, 0.29) is 15.8 Å². The molecule has 1 unspecified atom stereocenters. The third-order valence-electron chi connectivity index (χ3n) is 4.90. The number of hydrogen-bond acceptors (Lipinski definition) is 5. The summed E-state index contributed by atoms with van der Waals surface area (Å²) in [6.07, 6.45) is 2.72. The summed E-state index contributed by atoms with van der Waals surface area (Å²) in [5.74, 6) is 0.591. The predicted molar refractivity (Wildman–Crippen MR) is 112 cm³/mol. The van der Waals surface area contributed by atoms with Gasteiger partial charge >= 0.3 is 0 Å². The molecule has 0 aliphatic carbocycles. The lowest BCUT2D eigenvalue weighted by Crippen LogP contribution is -2.41. The number of nitrogens with one attached hydrogen (secondary N) is 1. The van der Waals surface area contributed by atoms with E-state index in [1.807, 2.05) is 13.8 Å². The first-order valence-corrected chi connectivity index (χ1v) is 12.5. The highest BCUT2D eigenvalue weighted by atomic mass is 32.2. The lowest BCUT2D eigenvalue weighted by Gasteiger charge is -2.32. The SMILES string of the molecule is CCOc1ccc(S(=O)(=O)Nc2ccc(S(=O)(=O)N3CCCCC3C)cc2)cc1. The average Bonchev–Trinajstić information content (AvgIpc) is 2.69. The van der Waals surface area contributed by atoms with Crippen LogP contribution in [0.4, 0.5) is 5.69 Å². The Bertz CT molecular complexity index is 1030. The Balaban J connectivity index is 1.76. The van der Waals surface area contributed by atoms with Gasteiger partial charge in [-0.25, -0.2) is 16.8 Å². The zero-order chi connectivity index (χ0) is 21.1. The van der Waals surface area contributed by atoms with Crippen molar-refractivity contribution in [3.63, 3.8) is 0 Å². The van der Waals surface area contributed by atoms with Crippen LogP contribution in [0.3, 0.4) is 0 Å². The molecule has 0 bridgehead atoms. The molecule has 2 aromatic rings. The topological polar surface area (TPSA) is 92.8 Å². The zero-order valence-corrected chi connectivity index (χ0v) is 18.2. The Kier molecular flexibility index (Phi) is 6.50. The molecule has 1 N–H and O–H groups in total. The van der Waals surface area contributed by atoms with Gasteiger partial charge in [-0.1, -0.05) is 6.42 Å².